The molecule has 2 aromatic rings. The highest BCUT2D eigenvalue weighted by Gasteiger charge is 2.03. The molecule has 0 aliphatic carbocycles. The van der Waals surface area contributed by atoms with E-state index in [9.17, 15) is 0 Å². The highest BCUT2D eigenvalue weighted by atomic mass is 79.9. The number of hydrogen-bond acceptors (Lipinski definition) is 1. The lowest BCUT2D eigenvalue weighted by molar-refractivity contribution is 0.282. The number of aliphatic hydroxyl groups is 1. The smallest absolute Gasteiger partial charge is 0.0681 e. The van der Waals surface area contributed by atoms with Gasteiger partial charge >= 0.3 is 0 Å². The van der Waals surface area contributed by atoms with Crippen LogP contribution in [0.5, 0.6) is 0 Å². The van der Waals surface area contributed by atoms with Gasteiger partial charge < -0.3 is 5.11 Å². The van der Waals surface area contributed by atoms with Gasteiger partial charge in [0.1, 0.15) is 0 Å². The van der Waals surface area contributed by atoms with E-state index in [0.717, 1.165) is 21.2 Å². The molecule has 0 amide bonds. The second kappa shape index (κ2) is 5.00. The molecule has 0 bridgehead atoms. The summed E-state index contributed by atoms with van der Waals surface area (Å²) in [6, 6.07) is 13.5. The zero-order valence-electron chi connectivity index (χ0n) is 8.45. The Morgan fingerprint density at radius 3 is 2.31 bits per heavy atom. The minimum Gasteiger partial charge on any atom is -0.392 e. The van der Waals surface area contributed by atoms with Crippen LogP contribution in [0.4, 0.5) is 0 Å². The van der Waals surface area contributed by atoms with Crippen molar-refractivity contribution in [3.8, 4) is 11.1 Å². The van der Waals surface area contributed by atoms with Crippen LogP contribution < -0.4 is 0 Å². The van der Waals surface area contributed by atoms with E-state index < -0.39 is 0 Å². The zero-order chi connectivity index (χ0) is 11.5. The van der Waals surface area contributed by atoms with E-state index in [1.807, 2.05) is 42.5 Å². The first-order valence-corrected chi connectivity index (χ1v) is 6.03. The molecule has 0 saturated heterocycles. The van der Waals surface area contributed by atoms with E-state index in [1.165, 1.54) is 0 Å². The quantitative estimate of drug-likeness (QED) is 0.878. The Kier molecular flexibility index (Phi) is 3.64. The van der Waals surface area contributed by atoms with Crippen LogP contribution in [0, 0.1) is 0 Å². The molecule has 3 heteroatoms. The Labute approximate surface area is 108 Å². The second-order valence-electron chi connectivity index (χ2n) is 3.48. The van der Waals surface area contributed by atoms with Gasteiger partial charge in [0.15, 0.2) is 0 Å². The lowest BCUT2D eigenvalue weighted by atomic mass is 10.0. The molecule has 0 aliphatic rings. The highest BCUT2D eigenvalue weighted by Crippen LogP contribution is 2.30. The maximum absolute atomic E-state index is 8.96. The van der Waals surface area contributed by atoms with Crippen molar-refractivity contribution in [3.63, 3.8) is 0 Å². The van der Waals surface area contributed by atoms with Gasteiger partial charge in [0.2, 0.25) is 0 Å². The first kappa shape index (κ1) is 11.6. The molecule has 2 aromatic carbocycles. The van der Waals surface area contributed by atoms with E-state index in [4.69, 9.17) is 16.7 Å². The molecule has 1 N–H and O–H groups in total. The summed E-state index contributed by atoms with van der Waals surface area (Å²) >= 11 is 9.53. The Morgan fingerprint density at radius 1 is 1.06 bits per heavy atom. The molecule has 16 heavy (non-hydrogen) atoms. The summed E-state index contributed by atoms with van der Waals surface area (Å²) in [4.78, 5) is 0. The molecule has 82 valence electrons. The molecule has 0 saturated carbocycles. The summed E-state index contributed by atoms with van der Waals surface area (Å²) in [6.07, 6.45) is 0. The molecule has 0 atom stereocenters. The fourth-order valence-corrected chi connectivity index (χ4v) is 2.30. The van der Waals surface area contributed by atoms with Gasteiger partial charge in [0, 0.05) is 15.1 Å². The Bertz CT molecular complexity index is 494. The largest absolute Gasteiger partial charge is 0.392 e. The number of halogens is 2. The van der Waals surface area contributed by atoms with E-state index in [0.29, 0.717) is 5.02 Å². The molecule has 0 unspecified atom stereocenters. The maximum atomic E-state index is 8.96. The van der Waals surface area contributed by atoms with Gasteiger partial charge in [-0.1, -0.05) is 57.9 Å². The number of rotatable bonds is 2. The standard InChI is InChI=1S/C13H10BrClO/c14-11-5-6-12(13(15)7-11)10-3-1-9(8-16)2-4-10/h1-7,16H,8H2. The van der Waals surface area contributed by atoms with Crippen LogP contribution in [-0.2, 0) is 6.61 Å². The molecule has 1 nitrogen and oxygen atoms in total. The van der Waals surface area contributed by atoms with Crippen LogP contribution >= 0.6 is 27.5 Å². The molecular weight excluding hydrogens is 287 g/mol. The lowest BCUT2D eigenvalue weighted by Gasteiger charge is -2.05. The fraction of sp³-hybridized carbons (Fsp3) is 0.0769. The Balaban J connectivity index is 2.42. The van der Waals surface area contributed by atoms with Crippen molar-refractivity contribution >= 4 is 27.5 Å². The predicted molar refractivity (Wildman–Crippen MR) is 70.5 cm³/mol. The van der Waals surface area contributed by atoms with Gasteiger partial charge in [-0.05, 0) is 23.3 Å². The topological polar surface area (TPSA) is 20.2 Å². The van der Waals surface area contributed by atoms with Gasteiger partial charge in [-0.2, -0.15) is 0 Å². The van der Waals surface area contributed by atoms with Crippen LogP contribution in [0.15, 0.2) is 46.9 Å². The van der Waals surface area contributed by atoms with Crippen molar-refractivity contribution in [3.05, 3.63) is 57.5 Å². The van der Waals surface area contributed by atoms with Crippen LogP contribution in [0.2, 0.25) is 5.02 Å². The van der Waals surface area contributed by atoms with Gasteiger partial charge in [0.25, 0.3) is 0 Å². The summed E-state index contributed by atoms with van der Waals surface area (Å²) in [7, 11) is 0. The Hall–Kier alpha value is -0.830. The van der Waals surface area contributed by atoms with Crippen LogP contribution in [-0.4, -0.2) is 5.11 Å². The second-order valence-corrected chi connectivity index (χ2v) is 4.80. The van der Waals surface area contributed by atoms with E-state index in [-0.39, 0.29) is 6.61 Å². The lowest BCUT2D eigenvalue weighted by Crippen LogP contribution is -1.84. The maximum Gasteiger partial charge on any atom is 0.0681 e. The van der Waals surface area contributed by atoms with Gasteiger partial charge in [0.05, 0.1) is 6.61 Å². The van der Waals surface area contributed by atoms with Crippen molar-refractivity contribution in [2.75, 3.05) is 0 Å². The summed E-state index contributed by atoms with van der Waals surface area (Å²) < 4.78 is 0.966. The molecule has 0 fully saturated rings. The van der Waals surface area contributed by atoms with Gasteiger partial charge in [-0.15, -0.1) is 0 Å². The van der Waals surface area contributed by atoms with Crippen molar-refractivity contribution < 1.29 is 5.11 Å². The number of benzene rings is 2. The first-order chi connectivity index (χ1) is 7.70. The van der Waals surface area contributed by atoms with E-state index in [1.54, 1.807) is 0 Å². The first-order valence-electron chi connectivity index (χ1n) is 4.86. The molecule has 0 aromatic heterocycles. The average Bonchev–Trinajstić information content (AvgIpc) is 2.29. The summed E-state index contributed by atoms with van der Waals surface area (Å²) in [6.45, 7) is 0.0638. The van der Waals surface area contributed by atoms with Crippen LogP contribution in [0.1, 0.15) is 5.56 Å². The van der Waals surface area contributed by atoms with Crippen molar-refractivity contribution in [2.45, 2.75) is 6.61 Å². The minimum absolute atomic E-state index is 0.0638. The van der Waals surface area contributed by atoms with Crippen molar-refractivity contribution in [2.24, 2.45) is 0 Å². The van der Waals surface area contributed by atoms with E-state index in [2.05, 4.69) is 15.9 Å². The highest BCUT2D eigenvalue weighted by molar-refractivity contribution is 9.10. The molecular formula is C13H10BrClO. The summed E-state index contributed by atoms with van der Waals surface area (Å²) in [5.41, 5.74) is 2.95. The van der Waals surface area contributed by atoms with E-state index >= 15 is 0 Å². The Morgan fingerprint density at radius 2 is 1.75 bits per heavy atom. The summed E-state index contributed by atoms with van der Waals surface area (Å²) in [5, 5.41) is 9.67. The third-order valence-electron chi connectivity index (χ3n) is 2.38. The van der Waals surface area contributed by atoms with Crippen LogP contribution in [0.25, 0.3) is 11.1 Å². The SMILES string of the molecule is OCc1ccc(-c2ccc(Br)cc2Cl)cc1. The molecule has 0 aliphatic heterocycles. The van der Waals surface area contributed by atoms with Crippen LogP contribution in [0.3, 0.4) is 0 Å². The minimum atomic E-state index is 0.0638. The zero-order valence-corrected chi connectivity index (χ0v) is 10.8. The monoisotopic (exact) mass is 296 g/mol. The van der Waals surface area contributed by atoms with Crippen molar-refractivity contribution in [1.29, 1.82) is 0 Å². The van der Waals surface area contributed by atoms with Gasteiger partial charge in [-0.3, -0.25) is 0 Å². The molecule has 0 spiro atoms. The third kappa shape index (κ3) is 2.46. The third-order valence-corrected chi connectivity index (χ3v) is 3.18. The van der Waals surface area contributed by atoms with Gasteiger partial charge in [-0.25, -0.2) is 0 Å². The number of aliphatic hydroxyl groups excluding tert-OH is 1. The fourth-order valence-electron chi connectivity index (χ4n) is 1.51. The summed E-state index contributed by atoms with van der Waals surface area (Å²) in [5.74, 6) is 0. The molecule has 0 heterocycles. The molecule has 2 rings (SSSR count). The predicted octanol–water partition coefficient (Wildman–Crippen LogP) is 4.26. The van der Waals surface area contributed by atoms with Crippen molar-refractivity contribution in [1.82, 2.24) is 0 Å². The normalized spacial score (nSPS) is 10.4. The average molecular weight is 298 g/mol. The number of hydrogen-bond donors (Lipinski definition) is 1. The molecule has 0 radical (unpaired) electrons.